The fourth-order valence-corrected chi connectivity index (χ4v) is 1.12. The summed E-state index contributed by atoms with van der Waals surface area (Å²) < 4.78 is 4.94. The van der Waals surface area contributed by atoms with Gasteiger partial charge in [0, 0.05) is 5.56 Å². The SMILES string of the molecule is COc1cc(C)c(C)c([N+](=O)[O-])c1. The Hall–Kier alpha value is -1.58. The van der Waals surface area contributed by atoms with E-state index in [1.807, 2.05) is 6.92 Å². The maximum Gasteiger partial charge on any atom is 0.276 e. The molecule has 0 saturated heterocycles. The maximum absolute atomic E-state index is 10.6. The van der Waals surface area contributed by atoms with Gasteiger partial charge in [-0.15, -0.1) is 0 Å². The average Bonchev–Trinajstić information content (AvgIpc) is 2.09. The fraction of sp³-hybridized carbons (Fsp3) is 0.333. The van der Waals surface area contributed by atoms with Crippen LogP contribution >= 0.6 is 0 Å². The molecule has 1 aromatic rings. The van der Waals surface area contributed by atoms with E-state index in [-0.39, 0.29) is 5.69 Å². The summed E-state index contributed by atoms with van der Waals surface area (Å²) in [7, 11) is 1.49. The first kappa shape index (κ1) is 9.51. The third-order valence-electron chi connectivity index (χ3n) is 2.05. The van der Waals surface area contributed by atoms with Gasteiger partial charge in [-0.2, -0.15) is 0 Å². The van der Waals surface area contributed by atoms with Crippen molar-refractivity contribution in [1.82, 2.24) is 0 Å². The second-order valence-corrected chi connectivity index (χ2v) is 2.85. The Morgan fingerprint density at radius 1 is 1.38 bits per heavy atom. The van der Waals surface area contributed by atoms with Crippen molar-refractivity contribution in [2.24, 2.45) is 0 Å². The minimum atomic E-state index is -0.398. The number of ether oxygens (including phenoxy) is 1. The zero-order valence-electron chi connectivity index (χ0n) is 7.83. The lowest BCUT2D eigenvalue weighted by Gasteiger charge is -2.04. The van der Waals surface area contributed by atoms with Crippen molar-refractivity contribution >= 4 is 5.69 Å². The number of nitro benzene ring substituents is 1. The van der Waals surface area contributed by atoms with Crippen LogP contribution in [-0.4, -0.2) is 12.0 Å². The molecule has 13 heavy (non-hydrogen) atoms. The Kier molecular flexibility index (Phi) is 2.51. The molecule has 70 valence electrons. The molecule has 0 bridgehead atoms. The largest absolute Gasteiger partial charge is 0.496 e. The van der Waals surface area contributed by atoms with Gasteiger partial charge >= 0.3 is 0 Å². The minimum absolute atomic E-state index is 0.108. The monoisotopic (exact) mass is 181 g/mol. The number of methoxy groups -OCH3 is 1. The van der Waals surface area contributed by atoms with Crippen molar-refractivity contribution < 1.29 is 9.66 Å². The fourth-order valence-electron chi connectivity index (χ4n) is 1.12. The van der Waals surface area contributed by atoms with E-state index in [9.17, 15) is 10.1 Å². The molecule has 0 radical (unpaired) electrons. The Balaban J connectivity index is 3.33. The highest BCUT2D eigenvalue weighted by Gasteiger charge is 2.13. The molecule has 0 atom stereocenters. The van der Waals surface area contributed by atoms with Gasteiger partial charge in [0.15, 0.2) is 0 Å². The van der Waals surface area contributed by atoms with Gasteiger partial charge in [-0.1, -0.05) is 0 Å². The van der Waals surface area contributed by atoms with Crippen LogP contribution < -0.4 is 4.74 Å². The summed E-state index contributed by atoms with van der Waals surface area (Å²) >= 11 is 0. The third-order valence-corrected chi connectivity index (χ3v) is 2.05. The quantitative estimate of drug-likeness (QED) is 0.519. The lowest BCUT2D eigenvalue weighted by molar-refractivity contribution is -0.385. The molecule has 0 heterocycles. The summed E-state index contributed by atoms with van der Waals surface area (Å²) in [5.74, 6) is 0.523. The van der Waals surface area contributed by atoms with Gasteiger partial charge in [0.1, 0.15) is 5.75 Å². The lowest BCUT2D eigenvalue weighted by atomic mass is 10.1. The van der Waals surface area contributed by atoms with Gasteiger partial charge in [0.25, 0.3) is 5.69 Å². The van der Waals surface area contributed by atoms with Crippen LogP contribution in [0.4, 0.5) is 5.69 Å². The van der Waals surface area contributed by atoms with Gasteiger partial charge in [0.05, 0.1) is 18.1 Å². The number of rotatable bonds is 2. The molecule has 0 aliphatic carbocycles. The van der Waals surface area contributed by atoms with Crippen LogP contribution in [0, 0.1) is 24.0 Å². The topological polar surface area (TPSA) is 52.4 Å². The number of hydrogen-bond donors (Lipinski definition) is 0. The van der Waals surface area contributed by atoms with Crippen molar-refractivity contribution in [3.8, 4) is 5.75 Å². The van der Waals surface area contributed by atoms with Gasteiger partial charge in [-0.25, -0.2) is 0 Å². The van der Waals surface area contributed by atoms with Gasteiger partial charge in [-0.3, -0.25) is 10.1 Å². The van der Waals surface area contributed by atoms with E-state index in [2.05, 4.69) is 0 Å². The van der Waals surface area contributed by atoms with Crippen LogP contribution in [0.15, 0.2) is 12.1 Å². The summed E-state index contributed by atoms with van der Waals surface area (Å²) in [5, 5.41) is 10.6. The molecule has 0 spiro atoms. The van der Waals surface area contributed by atoms with Crippen LogP contribution in [0.2, 0.25) is 0 Å². The molecule has 0 aliphatic rings. The smallest absolute Gasteiger partial charge is 0.276 e. The summed E-state index contributed by atoms with van der Waals surface area (Å²) in [6.45, 7) is 3.55. The number of nitrogens with zero attached hydrogens (tertiary/aromatic N) is 1. The highest BCUT2D eigenvalue weighted by molar-refractivity contribution is 5.49. The second-order valence-electron chi connectivity index (χ2n) is 2.85. The van der Waals surface area contributed by atoms with E-state index in [0.29, 0.717) is 11.3 Å². The normalized spacial score (nSPS) is 9.77. The van der Waals surface area contributed by atoms with Crippen LogP contribution in [0.5, 0.6) is 5.75 Å². The summed E-state index contributed by atoms with van der Waals surface area (Å²) in [6, 6.07) is 3.21. The predicted octanol–water partition coefficient (Wildman–Crippen LogP) is 2.22. The van der Waals surface area contributed by atoms with E-state index < -0.39 is 4.92 Å². The van der Waals surface area contributed by atoms with Crippen molar-refractivity contribution in [2.45, 2.75) is 13.8 Å². The molecule has 4 heteroatoms. The molecule has 0 amide bonds. The Labute approximate surface area is 76.3 Å². The van der Waals surface area contributed by atoms with Crippen molar-refractivity contribution in [3.05, 3.63) is 33.4 Å². The van der Waals surface area contributed by atoms with Crippen LogP contribution in [0.1, 0.15) is 11.1 Å². The molecule has 4 nitrogen and oxygen atoms in total. The molecule has 0 N–H and O–H groups in total. The predicted molar refractivity (Wildman–Crippen MR) is 49.1 cm³/mol. The molecule has 1 aromatic carbocycles. The number of aryl methyl sites for hydroxylation is 1. The molecular weight excluding hydrogens is 170 g/mol. The standard InChI is InChI=1S/C9H11NO3/c1-6-4-8(13-3)5-9(7(6)2)10(11)12/h4-5H,1-3H3. The highest BCUT2D eigenvalue weighted by Crippen LogP contribution is 2.26. The Morgan fingerprint density at radius 3 is 2.46 bits per heavy atom. The first-order chi connectivity index (χ1) is 6.06. The van der Waals surface area contributed by atoms with Crippen molar-refractivity contribution in [3.63, 3.8) is 0 Å². The number of benzene rings is 1. The van der Waals surface area contributed by atoms with Crippen molar-refractivity contribution in [1.29, 1.82) is 0 Å². The van der Waals surface area contributed by atoms with E-state index in [0.717, 1.165) is 5.56 Å². The molecule has 0 unspecified atom stereocenters. The highest BCUT2D eigenvalue weighted by atomic mass is 16.6. The molecule has 1 rings (SSSR count). The van der Waals surface area contributed by atoms with Crippen LogP contribution in [0.25, 0.3) is 0 Å². The minimum Gasteiger partial charge on any atom is -0.496 e. The van der Waals surface area contributed by atoms with Crippen LogP contribution in [0.3, 0.4) is 0 Å². The van der Waals surface area contributed by atoms with E-state index >= 15 is 0 Å². The second kappa shape index (κ2) is 3.43. The maximum atomic E-state index is 10.6. The summed E-state index contributed by atoms with van der Waals surface area (Å²) in [5.41, 5.74) is 1.66. The molecule has 0 aromatic heterocycles. The van der Waals surface area contributed by atoms with Gasteiger partial charge < -0.3 is 4.74 Å². The molecule has 0 saturated carbocycles. The first-order valence-electron chi connectivity index (χ1n) is 3.86. The Bertz CT molecular complexity index is 347. The van der Waals surface area contributed by atoms with E-state index in [1.165, 1.54) is 13.2 Å². The Morgan fingerprint density at radius 2 is 2.00 bits per heavy atom. The molecule has 0 fully saturated rings. The molecule has 0 aliphatic heterocycles. The van der Waals surface area contributed by atoms with Gasteiger partial charge in [-0.05, 0) is 25.5 Å². The number of hydrogen-bond acceptors (Lipinski definition) is 3. The van der Waals surface area contributed by atoms with E-state index in [1.54, 1.807) is 13.0 Å². The zero-order chi connectivity index (χ0) is 10.0. The van der Waals surface area contributed by atoms with E-state index in [4.69, 9.17) is 4.74 Å². The first-order valence-corrected chi connectivity index (χ1v) is 3.86. The summed E-state index contributed by atoms with van der Waals surface area (Å²) in [4.78, 5) is 10.2. The summed E-state index contributed by atoms with van der Waals surface area (Å²) in [6.07, 6.45) is 0. The molecular formula is C9H11NO3. The lowest BCUT2D eigenvalue weighted by Crippen LogP contribution is -1.95. The van der Waals surface area contributed by atoms with Gasteiger partial charge in [0.2, 0.25) is 0 Å². The number of nitro groups is 1. The zero-order valence-corrected chi connectivity index (χ0v) is 7.83. The van der Waals surface area contributed by atoms with Crippen LogP contribution in [-0.2, 0) is 0 Å². The average molecular weight is 181 g/mol. The van der Waals surface area contributed by atoms with Crippen molar-refractivity contribution in [2.75, 3.05) is 7.11 Å². The third kappa shape index (κ3) is 1.77.